The van der Waals surface area contributed by atoms with Gasteiger partial charge in [-0.2, -0.15) is 4.98 Å². The maximum absolute atomic E-state index is 6.56. The predicted octanol–water partition coefficient (Wildman–Crippen LogP) is 4.32. The molecule has 164 valence electrons. The number of methoxy groups -OCH3 is 1. The third-order valence-corrected chi connectivity index (χ3v) is 5.77. The number of nitrogen functional groups attached to an aromatic ring is 1. The molecule has 2 aromatic heterocycles. The Kier molecular flexibility index (Phi) is 5.55. The van der Waals surface area contributed by atoms with Crippen LogP contribution in [0, 0.1) is 0 Å². The van der Waals surface area contributed by atoms with Gasteiger partial charge in [-0.1, -0.05) is 23.7 Å². The normalized spacial score (nSPS) is 15.9. The Bertz CT molecular complexity index is 1230. The Hall–Kier alpha value is -3.36. The number of benzene rings is 2. The lowest BCUT2D eigenvalue weighted by molar-refractivity contribution is 0.120. The van der Waals surface area contributed by atoms with Crippen molar-refractivity contribution in [3.05, 3.63) is 53.6 Å². The molecule has 0 spiro atoms. The predicted molar refractivity (Wildman–Crippen MR) is 126 cm³/mol. The summed E-state index contributed by atoms with van der Waals surface area (Å²) in [6, 6.07) is 15.0. The molecule has 3 heterocycles. The summed E-state index contributed by atoms with van der Waals surface area (Å²) in [4.78, 5) is 9.42. The van der Waals surface area contributed by atoms with Crippen LogP contribution in [0.2, 0.25) is 5.02 Å². The molecule has 0 saturated carbocycles. The fourth-order valence-electron chi connectivity index (χ4n) is 3.84. The largest absolute Gasteiger partial charge is 0.497 e. The fraction of sp³-hybridized carbons (Fsp3) is 0.261. The van der Waals surface area contributed by atoms with E-state index in [0.29, 0.717) is 40.1 Å². The van der Waals surface area contributed by atoms with E-state index in [0.717, 1.165) is 36.4 Å². The van der Waals surface area contributed by atoms with Crippen molar-refractivity contribution in [1.29, 1.82) is 0 Å². The second-order valence-corrected chi connectivity index (χ2v) is 8.05. The summed E-state index contributed by atoms with van der Waals surface area (Å²) in [6.45, 7) is 1.44. The number of halogens is 1. The lowest BCUT2D eigenvalue weighted by Gasteiger charge is -2.12. The van der Waals surface area contributed by atoms with E-state index < -0.39 is 0 Å². The van der Waals surface area contributed by atoms with E-state index in [4.69, 9.17) is 31.8 Å². The summed E-state index contributed by atoms with van der Waals surface area (Å²) in [7, 11) is 1.63. The molecular formula is C23H23ClN6O2. The van der Waals surface area contributed by atoms with Gasteiger partial charge in [-0.05, 0) is 49.2 Å². The van der Waals surface area contributed by atoms with Crippen LogP contribution >= 0.6 is 11.6 Å². The van der Waals surface area contributed by atoms with Crippen molar-refractivity contribution in [3.63, 3.8) is 0 Å². The highest BCUT2D eigenvalue weighted by Gasteiger charge is 2.21. The van der Waals surface area contributed by atoms with E-state index in [9.17, 15) is 0 Å². The molecule has 1 aliphatic heterocycles. The van der Waals surface area contributed by atoms with Gasteiger partial charge in [0.2, 0.25) is 5.95 Å². The topological polar surface area (TPSA) is 100 Å². The number of nitrogens with zero attached hydrogens (tertiary/aromatic N) is 4. The molecule has 3 N–H and O–H groups in total. The third-order valence-electron chi connectivity index (χ3n) is 5.52. The molecule has 1 fully saturated rings. The molecule has 1 aliphatic rings. The van der Waals surface area contributed by atoms with E-state index >= 15 is 0 Å². The maximum atomic E-state index is 6.56. The Morgan fingerprint density at radius 2 is 1.94 bits per heavy atom. The minimum absolute atomic E-state index is 0.162. The molecule has 1 unspecified atom stereocenters. The van der Waals surface area contributed by atoms with Gasteiger partial charge in [0.05, 0.1) is 30.0 Å². The average molecular weight is 451 g/mol. The summed E-state index contributed by atoms with van der Waals surface area (Å²) in [5.41, 5.74) is 9.44. The summed E-state index contributed by atoms with van der Waals surface area (Å²) in [6.07, 6.45) is 2.26. The second-order valence-electron chi connectivity index (χ2n) is 7.61. The highest BCUT2D eigenvalue weighted by Crippen LogP contribution is 2.33. The molecular weight excluding hydrogens is 428 g/mol. The van der Waals surface area contributed by atoms with Crippen LogP contribution < -0.4 is 15.8 Å². The van der Waals surface area contributed by atoms with Gasteiger partial charge in [-0.25, -0.2) is 9.67 Å². The first-order chi connectivity index (χ1) is 15.6. The first kappa shape index (κ1) is 20.5. The molecule has 0 amide bonds. The van der Waals surface area contributed by atoms with Crippen LogP contribution in [0.25, 0.3) is 28.0 Å². The molecule has 0 bridgehead atoms. The molecule has 2 aromatic carbocycles. The van der Waals surface area contributed by atoms with E-state index in [1.54, 1.807) is 11.8 Å². The Labute approximate surface area is 190 Å². The number of nitrogens with one attached hydrogen (secondary N) is 1. The molecule has 4 aromatic rings. The Morgan fingerprint density at radius 3 is 2.62 bits per heavy atom. The van der Waals surface area contributed by atoms with Gasteiger partial charge in [-0.3, -0.25) is 0 Å². The lowest BCUT2D eigenvalue weighted by atomic mass is 10.1. The van der Waals surface area contributed by atoms with Gasteiger partial charge in [0.15, 0.2) is 5.65 Å². The fourth-order valence-corrected chi connectivity index (χ4v) is 3.96. The number of hydrogen-bond donors (Lipinski definition) is 2. The highest BCUT2D eigenvalue weighted by atomic mass is 35.5. The van der Waals surface area contributed by atoms with Crippen molar-refractivity contribution < 1.29 is 9.47 Å². The van der Waals surface area contributed by atoms with Crippen LogP contribution in [-0.2, 0) is 4.74 Å². The zero-order valence-electron chi connectivity index (χ0n) is 17.6. The highest BCUT2D eigenvalue weighted by molar-refractivity contribution is 6.30. The van der Waals surface area contributed by atoms with Crippen molar-refractivity contribution in [2.45, 2.75) is 18.9 Å². The molecule has 1 saturated heterocycles. The molecule has 9 heteroatoms. The number of ether oxygens (including phenoxy) is 2. The van der Waals surface area contributed by atoms with E-state index in [2.05, 4.69) is 15.4 Å². The van der Waals surface area contributed by atoms with Gasteiger partial charge in [0, 0.05) is 23.7 Å². The first-order valence-corrected chi connectivity index (χ1v) is 10.8. The minimum atomic E-state index is 0.162. The monoisotopic (exact) mass is 450 g/mol. The minimum Gasteiger partial charge on any atom is -0.497 e. The molecule has 8 nitrogen and oxygen atoms in total. The lowest BCUT2D eigenvalue weighted by Crippen LogP contribution is -2.19. The van der Waals surface area contributed by atoms with Crippen LogP contribution in [0.5, 0.6) is 5.75 Å². The quantitative estimate of drug-likeness (QED) is 0.451. The van der Waals surface area contributed by atoms with Crippen LogP contribution in [0.4, 0.5) is 11.8 Å². The summed E-state index contributed by atoms with van der Waals surface area (Å²) in [5.74, 6) is 1.70. The van der Waals surface area contributed by atoms with Crippen molar-refractivity contribution in [3.8, 4) is 22.7 Å². The van der Waals surface area contributed by atoms with Crippen LogP contribution in [0.1, 0.15) is 12.8 Å². The molecule has 0 aliphatic carbocycles. The van der Waals surface area contributed by atoms with Gasteiger partial charge in [0.25, 0.3) is 0 Å². The molecule has 5 rings (SSSR count). The van der Waals surface area contributed by atoms with Crippen LogP contribution in [0.3, 0.4) is 0 Å². The summed E-state index contributed by atoms with van der Waals surface area (Å²) < 4.78 is 12.6. The van der Waals surface area contributed by atoms with Crippen molar-refractivity contribution in [1.82, 2.24) is 19.7 Å². The second kappa shape index (κ2) is 8.64. The SMILES string of the molecule is COc1ccc(-n2nc3nc(NCC4CCCO4)nc(-c4ccc(Cl)cc4)c3c2N)cc1. The Morgan fingerprint density at radius 1 is 1.16 bits per heavy atom. The van der Waals surface area contributed by atoms with Crippen LogP contribution in [-0.4, -0.2) is 46.1 Å². The van der Waals surface area contributed by atoms with Gasteiger partial charge in [-0.15, -0.1) is 5.10 Å². The number of aromatic nitrogens is 4. The maximum Gasteiger partial charge on any atom is 0.225 e. The Balaban J connectivity index is 1.61. The standard InChI is InChI=1S/C23H23ClN6O2/c1-31-17-10-8-16(9-11-17)30-21(25)19-20(14-4-6-15(24)7-5-14)27-23(28-22(19)29-30)26-13-18-3-2-12-32-18/h4-11,18H,2-3,12-13,25H2,1H3,(H,26,28,29). The van der Waals surface area contributed by atoms with Gasteiger partial charge in [0.1, 0.15) is 11.6 Å². The number of anilines is 2. The van der Waals surface area contributed by atoms with Crippen LogP contribution in [0.15, 0.2) is 48.5 Å². The number of hydrogen-bond acceptors (Lipinski definition) is 7. The van der Waals surface area contributed by atoms with E-state index in [1.807, 2.05) is 48.5 Å². The van der Waals surface area contributed by atoms with Gasteiger partial charge < -0.3 is 20.5 Å². The average Bonchev–Trinajstić information content (AvgIpc) is 3.46. The zero-order chi connectivity index (χ0) is 22.1. The van der Waals surface area contributed by atoms with Crippen molar-refractivity contribution >= 4 is 34.4 Å². The first-order valence-electron chi connectivity index (χ1n) is 10.4. The number of rotatable bonds is 6. The smallest absolute Gasteiger partial charge is 0.225 e. The van der Waals surface area contributed by atoms with Crippen molar-refractivity contribution in [2.24, 2.45) is 0 Å². The van der Waals surface area contributed by atoms with E-state index in [1.165, 1.54) is 0 Å². The van der Waals surface area contributed by atoms with Crippen molar-refractivity contribution in [2.75, 3.05) is 31.3 Å². The molecule has 1 atom stereocenters. The number of fused-ring (bicyclic) bond motifs is 1. The van der Waals surface area contributed by atoms with Gasteiger partial charge >= 0.3 is 0 Å². The molecule has 0 radical (unpaired) electrons. The zero-order valence-corrected chi connectivity index (χ0v) is 18.3. The molecule has 32 heavy (non-hydrogen) atoms. The third kappa shape index (κ3) is 3.94. The number of nitrogens with two attached hydrogens (primary N) is 1. The van der Waals surface area contributed by atoms with E-state index in [-0.39, 0.29) is 6.10 Å². The summed E-state index contributed by atoms with van der Waals surface area (Å²) in [5, 5.41) is 9.33. The summed E-state index contributed by atoms with van der Waals surface area (Å²) >= 11 is 6.10.